The predicted octanol–water partition coefficient (Wildman–Crippen LogP) is 1.60. The highest BCUT2D eigenvalue weighted by atomic mass is 19.1. The minimum absolute atomic E-state index is 0.144. The molecule has 2 aliphatic rings. The first kappa shape index (κ1) is 20.4. The van der Waals surface area contributed by atoms with Crippen molar-refractivity contribution in [3.63, 3.8) is 0 Å². The van der Waals surface area contributed by atoms with Crippen LogP contribution in [0.25, 0.3) is 5.65 Å². The summed E-state index contributed by atoms with van der Waals surface area (Å²) in [5, 5.41) is 22.9. The Balaban J connectivity index is 1.46. The highest BCUT2D eigenvalue weighted by Gasteiger charge is 2.32. The van der Waals surface area contributed by atoms with Gasteiger partial charge in [-0.2, -0.15) is 9.61 Å². The number of amides is 1. The topological polar surface area (TPSA) is 126 Å². The lowest BCUT2D eigenvalue weighted by Crippen LogP contribution is -2.50. The van der Waals surface area contributed by atoms with Gasteiger partial charge in [0.1, 0.15) is 29.1 Å². The van der Waals surface area contributed by atoms with Crippen LogP contribution in [-0.2, 0) is 0 Å². The largest absolute Gasteiger partial charge is 0.391 e. The Morgan fingerprint density at radius 3 is 2.78 bits per heavy atom. The molecule has 2 saturated carbocycles. The van der Waals surface area contributed by atoms with E-state index in [2.05, 4.69) is 26.0 Å². The summed E-state index contributed by atoms with van der Waals surface area (Å²) in [6, 6.07) is 4.62. The van der Waals surface area contributed by atoms with E-state index in [1.54, 1.807) is 31.4 Å². The molecule has 5 rings (SSSR count). The number of hydrogen-bond acceptors (Lipinski definition) is 7. The Morgan fingerprint density at radius 1 is 1.31 bits per heavy atom. The van der Waals surface area contributed by atoms with Gasteiger partial charge in [-0.15, -0.1) is 0 Å². The third kappa shape index (κ3) is 3.48. The summed E-state index contributed by atoms with van der Waals surface area (Å²) in [6.45, 7) is 0. The molecule has 3 aromatic heterocycles. The van der Waals surface area contributed by atoms with Gasteiger partial charge in [0, 0.05) is 25.4 Å². The second kappa shape index (κ2) is 7.90. The van der Waals surface area contributed by atoms with Crippen molar-refractivity contribution < 1.29 is 14.3 Å². The number of nitrogens with zero attached hydrogens (tertiary/aromatic N) is 4. The highest BCUT2D eigenvalue weighted by Crippen LogP contribution is 2.33. The van der Waals surface area contributed by atoms with Crippen LogP contribution in [0.5, 0.6) is 0 Å². The van der Waals surface area contributed by atoms with Crippen molar-refractivity contribution in [3.05, 3.63) is 46.5 Å². The Morgan fingerprint density at radius 2 is 2.12 bits per heavy atom. The molecule has 1 unspecified atom stereocenters. The van der Waals surface area contributed by atoms with E-state index >= 15 is 0 Å². The number of pyridine rings is 1. The lowest BCUT2D eigenvalue weighted by molar-refractivity contribution is 0.0448. The number of anilines is 3. The molecule has 168 valence electrons. The first-order valence-electron chi connectivity index (χ1n) is 10.6. The molecule has 0 saturated heterocycles. The van der Waals surface area contributed by atoms with E-state index in [9.17, 15) is 19.1 Å². The van der Waals surface area contributed by atoms with Gasteiger partial charge in [-0.1, -0.05) is 0 Å². The lowest BCUT2D eigenvalue weighted by atomic mass is 9.89. The van der Waals surface area contributed by atoms with Crippen LogP contribution in [0.4, 0.5) is 21.7 Å². The maximum absolute atomic E-state index is 13.3. The number of hydrogen-bond donors (Lipinski definition) is 4. The summed E-state index contributed by atoms with van der Waals surface area (Å²) in [5.74, 6) is 0.547. The van der Waals surface area contributed by atoms with Crippen LogP contribution in [0.1, 0.15) is 42.1 Å². The third-order valence-electron chi connectivity index (χ3n) is 6.21. The summed E-state index contributed by atoms with van der Waals surface area (Å²) in [6.07, 6.45) is 3.74. The van der Waals surface area contributed by atoms with Crippen LogP contribution in [0, 0.1) is 0 Å². The summed E-state index contributed by atoms with van der Waals surface area (Å²) < 4.78 is 16.3. The molecular formula is C21H24FN7O3. The molecule has 0 aliphatic heterocycles. The fraction of sp³-hybridized carbons (Fsp3) is 0.429. The van der Waals surface area contributed by atoms with E-state index < -0.39 is 12.3 Å². The molecule has 0 aromatic carbocycles. The summed E-state index contributed by atoms with van der Waals surface area (Å²) >= 11 is 0. The van der Waals surface area contributed by atoms with E-state index in [-0.39, 0.29) is 29.1 Å². The van der Waals surface area contributed by atoms with Crippen LogP contribution in [-0.4, -0.2) is 55.5 Å². The molecule has 0 bridgehead atoms. The van der Waals surface area contributed by atoms with E-state index in [0.717, 1.165) is 6.42 Å². The number of aliphatic hydroxyl groups is 1. The first-order valence-corrected chi connectivity index (χ1v) is 10.6. The molecular weight excluding hydrogens is 417 g/mol. The number of carbonyl (C=O) groups excluding carboxylic acids is 1. The van der Waals surface area contributed by atoms with Gasteiger partial charge in [0.15, 0.2) is 5.65 Å². The average Bonchev–Trinajstić information content (AvgIpc) is 3.19. The molecule has 2 fully saturated rings. The number of nitrogens with one attached hydrogen (secondary N) is 3. The highest BCUT2D eigenvalue weighted by molar-refractivity contribution is 6.00. The number of aromatic nitrogens is 4. The molecule has 11 heteroatoms. The fourth-order valence-electron chi connectivity index (χ4n) is 4.04. The van der Waals surface area contributed by atoms with Crippen molar-refractivity contribution in [1.82, 2.24) is 24.5 Å². The first-order chi connectivity index (χ1) is 15.4. The predicted molar refractivity (Wildman–Crippen MR) is 116 cm³/mol. The van der Waals surface area contributed by atoms with Gasteiger partial charge in [-0.3, -0.25) is 9.59 Å². The van der Waals surface area contributed by atoms with Gasteiger partial charge in [0.25, 0.3) is 11.5 Å². The van der Waals surface area contributed by atoms with Crippen LogP contribution in [0.2, 0.25) is 0 Å². The zero-order valence-corrected chi connectivity index (χ0v) is 17.5. The molecule has 10 nitrogen and oxygen atoms in total. The van der Waals surface area contributed by atoms with Gasteiger partial charge >= 0.3 is 0 Å². The number of aliphatic hydroxyl groups excluding tert-OH is 1. The van der Waals surface area contributed by atoms with Gasteiger partial charge in [-0.25, -0.2) is 9.37 Å². The van der Waals surface area contributed by atoms with E-state index in [0.29, 0.717) is 42.2 Å². The summed E-state index contributed by atoms with van der Waals surface area (Å²) in [7, 11) is 1.71. The molecule has 3 heterocycles. The standard InChI is InChI=1S/C21H24FN7O3/c1-23-18-9-17(25-15-3-2-6-28(21(15)32)12-7-11(22)8-12)27-19-13(10-24-29(18)19)20(31)26-14-4-5-16(14)30/h2-3,6,9-12,14,16,23,30H,4-5,7-8H2,1H3,(H,25,27)(H,26,31)/t11-,12-,14?,16-/m0/s1. The normalized spacial score (nSPS) is 24.5. The van der Waals surface area contributed by atoms with Crippen LogP contribution in [0.15, 0.2) is 35.4 Å². The minimum Gasteiger partial charge on any atom is -0.391 e. The maximum atomic E-state index is 13.3. The maximum Gasteiger partial charge on any atom is 0.274 e. The molecule has 32 heavy (non-hydrogen) atoms. The van der Waals surface area contributed by atoms with Gasteiger partial charge < -0.3 is 25.6 Å². The van der Waals surface area contributed by atoms with Crippen molar-refractivity contribution >= 4 is 28.9 Å². The van der Waals surface area contributed by atoms with Crippen molar-refractivity contribution in [2.45, 2.75) is 50.0 Å². The Kier molecular flexibility index (Phi) is 5.04. The average molecular weight is 441 g/mol. The van der Waals surface area contributed by atoms with Crippen molar-refractivity contribution in [1.29, 1.82) is 0 Å². The monoisotopic (exact) mass is 441 g/mol. The van der Waals surface area contributed by atoms with Gasteiger partial charge in [0.2, 0.25) is 0 Å². The molecule has 0 spiro atoms. The van der Waals surface area contributed by atoms with Crippen molar-refractivity contribution in [3.8, 4) is 0 Å². The van der Waals surface area contributed by atoms with E-state index in [1.165, 1.54) is 15.3 Å². The lowest BCUT2D eigenvalue weighted by Gasteiger charge is -2.32. The quantitative estimate of drug-likeness (QED) is 0.458. The van der Waals surface area contributed by atoms with E-state index in [1.807, 2.05) is 0 Å². The second-order valence-electron chi connectivity index (χ2n) is 8.28. The molecule has 2 aliphatic carbocycles. The summed E-state index contributed by atoms with van der Waals surface area (Å²) in [5.41, 5.74) is 0.610. The zero-order chi connectivity index (χ0) is 22.4. The van der Waals surface area contributed by atoms with E-state index in [4.69, 9.17) is 0 Å². The Hall–Kier alpha value is -3.47. The molecule has 3 aromatic rings. The minimum atomic E-state index is -0.863. The van der Waals surface area contributed by atoms with Crippen LogP contribution >= 0.6 is 0 Å². The SMILES string of the molecule is CNc1cc(Nc2cccn([C@H]3C[C@H](F)C3)c2=O)nc2c(C(=O)NC3CC[C@@H]3O)cnn12. The summed E-state index contributed by atoms with van der Waals surface area (Å²) in [4.78, 5) is 30.1. The number of rotatable bonds is 6. The number of halogens is 1. The second-order valence-corrected chi connectivity index (χ2v) is 8.28. The fourth-order valence-corrected chi connectivity index (χ4v) is 4.04. The van der Waals surface area contributed by atoms with Crippen LogP contribution in [0.3, 0.4) is 0 Å². The molecule has 4 N–H and O–H groups in total. The molecule has 0 radical (unpaired) electrons. The third-order valence-corrected chi connectivity index (χ3v) is 6.21. The number of carbonyl (C=O) groups is 1. The van der Waals surface area contributed by atoms with Crippen molar-refractivity contribution in [2.75, 3.05) is 17.7 Å². The smallest absolute Gasteiger partial charge is 0.274 e. The number of alkyl halides is 1. The van der Waals surface area contributed by atoms with Crippen molar-refractivity contribution in [2.24, 2.45) is 0 Å². The van der Waals surface area contributed by atoms with Crippen LogP contribution < -0.4 is 21.5 Å². The van der Waals surface area contributed by atoms with Gasteiger partial charge in [-0.05, 0) is 37.8 Å². The number of fused-ring (bicyclic) bond motifs is 1. The van der Waals surface area contributed by atoms with Gasteiger partial charge in [0.05, 0.1) is 18.3 Å². The molecule has 2 atom stereocenters. The Bertz CT molecular complexity index is 1230. The molecule has 1 amide bonds. The Labute approximate surface area is 182 Å². The zero-order valence-electron chi connectivity index (χ0n) is 17.5.